The standard InChI is InChI=1S/C19H17ClN2/c20-18-7-5-16(6-8-18)17(14-21)13-15-3-9-19(10-4-15)22-11-1-2-12-22/h3-10,13H,1-2,11-12H2/b17-13+. The Morgan fingerprint density at radius 3 is 2.23 bits per heavy atom. The maximum Gasteiger partial charge on any atom is 0.0998 e. The molecule has 0 aromatic heterocycles. The van der Waals surface area contributed by atoms with Crippen molar-refractivity contribution in [1.29, 1.82) is 5.26 Å². The average molecular weight is 309 g/mol. The van der Waals surface area contributed by atoms with Gasteiger partial charge in [0, 0.05) is 23.8 Å². The molecule has 1 fully saturated rings. The summed E-state index contributed by atoms with van der Waals surface area (Å²) in [6.07, 6.45) is 4.46. The fourth-order valence-corrected chi connectivity index (χ4v) is 2.86. The van der Waals surface area contributed by atoms with Gasteiger partial charge in [0.1, 0.15) is 0 Å². The van der Waals surface area contributed by atoms with E-state index < -0.39 is 0 Å². The lowest BCUT2D eigenvalue weighted by Gasteiger charge is -2.17. The fourth-order valence-electron chi connectivity index (χ4n) is 2.73. The number of hydrogen-bond donors (Lipinski definition) is 0. The average Bonchev–Trinajstić information content (AvgIpc) is 3.09. The minimum Gasteiger partial charge on any atom is -0.372 e. The lowest BCUT2D eigenvalue weighted by atomic mass is 10.0. The molecule has 0 bridgehead atoms. The number of nitrogens with zero attached hydrogens (tertiary/aromatic N) is 2. The van der Waals surface area contributed by atoms with Crippen molar-refractivity contribution in [3.63, 3.8) is 0 Å². The van der Waals surface area contributed by atoms with E-state index in [0.29, 0.717) is 10.6 Å². The van der Waals surface area contributed by atoms with Crippen LogP contribution in [0.3, 0.4) is 0 Å². The third-order valence-electron chi connectivity index (χ3n) is 3.95. The summed E-state index contributed by atoms with van der Waals surface area (Å²) in [6.45, 7) is 2.28. The second-order valence-corrected chi connectivity index (χ2v) is 5.90. The van der Waals surface area contributed by atoms with Crippen LogP contribution in [0.1, 0.15) is 24.0 Å². The Balaban J connectivity index is 1.83. The largest absolute Gasteiger partial charge is 0.372 e. The van der Waals surface area contributed by atoms with Gasteiger partial charge in [-0.25, -0.2) is 0 Å². The Labute approximate surface area is 136 Å². The summed E-state index contributed by atoms with van der Waals surface area (Å²) in [6, 6.07) is 18.0. The van der Waals surface area contributed by atoms with Crippen molar-refractivity contribution in [3.8, 4) is 6.07 Å². The molecule has 0 atom stereocenters. The van der Waals surface area contributed by atoms with E-state index >= 15 is 0 Å². The first-order valence-corrected chi connectivity index (χ1v) is 7.87. The first-order chi connectivity index (χ1) is 10.8. The zero-order valence-electron chi connectivity index (χ0n) is 12.3. The summed E-state index contributed by atoms with van der Waals surface area (Å²) in [5, 5.41) is 10.1. The van der Waals surface area contributed by atoms with Crippen LogP contribution in [0.25, 0.3) is 11.6 Å². The first kappa shape index (κ1) is 14.7. The Hall–Kier alpha value is -2.24. The summed E-state index contributed by atoms with van der Waals surface area (Å²) in [7, 11) is 0. The van der Waals surface area contributed by atoms with Gasteiger partial charge in [-0.1, -0.05) is 35.9 Å². The lowest BCUT2D eigenvalue weighted by Crippen LogP contribution is -2.17. The van der Waals surface area contributed by atoms with Crippen molar-refractivity contribution in [3.05, 3.63) is 64.7 Å². The van der Waals surface area contributed by atoms with Gasteiger partial charge in [-0.15, -0.1) is 0 Å². The van der Waals surface area contributed by atoms with E-state index in [-0.39, 0.29) is 0 Å². The van der Waals surface area contributed by atoms with Crippen molar-refractivity contribution in [2.75, 3.05) is 18.0 Å². The van der Waals surface area contributed by atoms with Crippen molar-refractivity contribution >= 4 is 28.9 Å². The molecule has 0 saturated carbocycles. The predicted molar refractivity (Wildman–Crippen MR) is 92.8 cm³/mol. The van der Waals surface area contributed by atoms with Crippen LogP contribution in [0.4, 0.5) is 5.69 Å². The third kappa shape index (κ3) is 3.32. The molecule has 22 heavy (non-hydrogen) atoms. The van der Waals surface area contributed by atoms with E-state index in [1.165, 1.54) is 18.5 Å². The molecule has 2 aromatic rings. The lowest BCUT2D eigenvalue weighted by molar-refractivity contribution is 0.949. The van der Waals surface area contributed by atoms with E-state index in [9.17, 15) is 5.26 Å². The highest BCUT2D eigenvalue weighted by molar-refractivity contribution is 6.30. The number of nitriles is 1. The zero-order valence-corrected chi connectivity index (χ0v) is 13.1. The van der Waals surface area contributed by atoms with Gasteiger partial charge in [-0.2, -0.15) is 5.26 Å². The number of rotatable bonds is 3. The van der Waals surface area contributed by atoms with E-state index in [2.05, 4.69) is 35.2 Å². The van der Waals surface area contributed by atoms with Crippen LogP contribution in [-0.2, 0) is 0 Å². The summed E-state index contributed by atoms with van der Waals surface area (Å²) >= 11 is 5.89. The molecule has 110 valence electrons. The summed E-state index contributed by atoms with van der Waals surface area (Å²) in [5.74, 6) is 0. The van der Waals surface area contributed by atoms with E-state index in [1.54, 1.807) is 12.1 Å². The molecule has 2 nitrogen and oxygen atoms in total. The smallest absolute Gasteiger partial charge is 0.0998 e. The van der Waals surface area contributed by atoms with E-state index in [1.807, 2.05) is 18.2 Å². The minimum atomic E-state index is 0.644. The van der Waals surface area contributed by atoms with Gasteiger partial charge in [0.15, 0.2) is 0 Å². The number of allylic oxidation sites excluding steroid dienone is 1. The number of hydrogen-bond acceptors (Lipinski definition) is 2. The van der Waals surface area contributed by atoms with E-state index in [4.69, 9.17) is 11.6 Å². The highest BCUT2D eigenvalue weighted by atomic mass is 35.5. The van der Waals surface area contributed by atoms with E-state index in [0.717, 1.165) is 24.2 Å². The number of halogens is 1. The van der Waals surface area contributed by atoms with Crippen molar-refractivity contribution in [1.82, 2.24) is 0 Å². The molecule has 0 spiro atoms. The molecular weight excluding hydrogens is 292 g/mol. The zero-order chi connectivity index (χ0) is 15.4. The summed E-state index contributed by atoms with van der Waals surface area (Å²) < 4.78 is 0. The number of benzene rings is 2. The van der Waals surface area contributed by atoms with Crippen LogP contribution in [0.15, 0.2) is 48.5 Å². The Kier molecular flexibility index (Phi) is 4.46. The Bertz CT molecular complexity index is 703. The van der Waals surface area contributed by atoms with Crippen LogP contribution >= 0.6 is 11.6 Å². The fraction of sp³-hybridized carbons (Fsp3) is 0.211. The van der Waals surface area contributed by atoms with Gasteiger partial charge in [0.25, 0.3) is 0 Å². The molecule has 0 unspecified atom stereocenters. The van der Waals surface area contributed by atoms with Crippen LogP contribution < -0.4 is 4.90 Å². The highest BCUT2D eigenvalue weighted by Gasteiger charge is 2.11. The molecule has 0 aliphatic carbocycles. The second-order valence-electron chi connectivity index (χ2n) is 5.46. The molecule has 3 heteroatoms. The van der Waals surface area contributed by atoms with Crippen LogP contribution in [0.2, 0.25) is 5.02 Å². The van der Waals surface area contributed by atoms with Gasteiger partial charge in [0.05, 0.1) is 11.6 Å². The summed E-state index contributed by atoms with van der Waals surface area (Å²) in [5.41, 5.74) is 3.83. The van der Waals surface area contributed by atoms with Crippen molar-refractivity contribution in [2.45, 2.75) is 12.8 Å². The van der Waals surface area contributed by atoms with Crippen LogP contribution in [0, 0.1) is 11.3 Å². The van der Waals surface area contributed by atoms with Crippen LogP contribution in [0.5, 0.6) is 0 Å². The quantitative estimate of drug-likeness (QED) is 0.589. The predicted octanol–water partition coefficient (Wildman–Crippen LogP) is 5.00. The maximum atomic E-state index is 9.38. The maximum absolute atomic E-state index is 9.38. The molecule has 0 amide bonds. The minimum absolute atomic E-state index is 0.644. The molecule has 1 aliphatic rings. The number of anilines is 1. The highest BCUT2D eigenvalue weighted by Crippen LogP contribution is 2.23. The summed E-state index contributed by atoms with van der Waals surface area (Å²) in [4.78, 5) is 2.40. The SMILES string of the molecule is N#C/C(=C\c1ccc(N2CCCC2)cc1)c1ccc(Cl)cc1. The van der Waals surface area contributed by atoms with Crippen LogP contribution in [-0.4, -0.2) is 13.1 Å². The second kappa shape index (κ2) is 6.68. The molecule has 1 aliphatic heterocycles. The van der Waals surface area contributed by atoms with Crippen molar-refractivity contribution in [2.24, 2.45) is 0 Å². The topological polar surface area (TPSA) is 27.0 Å². The normalized spacial score (nSPS) is 14.9. The molecule has 0 radical (unpaired) electrons. The molecule has 1 heterocycles. The van der Waals surface area contributed by atoms with Gasteiger partial charge in [-0.3, -0.25) is 0 Å². The van der Waals surface area contributed by atoms with Gasteiger partial charge >= 0.3 is 0 Å². The molecular formula is C19H17ClN2. The third-order valence-corrected chi connectivity index (χ3v) is 4.20. The van der Waals surface area contributed by atoms with Gasteiger partial charge in [-0.05, 0) is 54.3 Å². The molecule has 3 rings (SSSR count). The first-order valence-electron chi connectivity index (χ1n) is 7.49. The van der Waals surface area contributed by atoms with Gasteiger partial charge in [0.2, 0.25) is 0 Å². The van der Waals surface area contributed by atoms with Gasteiger partial charge < -0.3 is 4.90 Å². The Morgan fingerprint density at radius 1 is 1.00 bits per heavy atom. The molecule has 0 N–H and O–H groups in total. The Morgan fingerprint density at radius 2 is 1.64 bits per heavy atom. The molecule has 1 saturated heterocycles. The molecule has 2 aromatic carbocycles. The monoisotopic (exact) mass is 308 g/mol. The van der Waals surface area contributed by atoms with Crippen molar-refractivity contribution < 1.29 is 0 Å².